The summed E-state index contributed by atoms with van der Waals surface area (Å²) < 4.78 is 15.4. The Hall–Kier alpha value is -4.50. The molecule has 0 amide bonds. The van der Waals surface area contributed by atoms with Crippen LogP contribution >= 0.6 is 0 Å². The maximum absolute atomic E-state index is 11.2. The Bertz CT molecular complexity index is 1120. The maximum Gasteiger partial charge on any atom is 0.337 e. The second-order valence-electron chi connectivity index (χ2n) is 6.86. The number of ether oxygens (including phenoxy) is 3. The van der Waals surface area contributed by atoms with Crippen LogP contribution in [0.5, 0.6) is 11.5 Å². The Morgan fingerprint density at radius 2 is 1.19 bits per heavy atom. The number of allylic oxidation sites excluding steroid dienone is 2. The zero-order chi connectivity index (χ0) is 27.1. The van der Waals surface area contributed by atoms with Gasteiger partial charge >= 0.3 is 11.9 Å². The van der Waals surface area contributed by atoms with Crippen molar-refractivity contribution in [3.8, 4) is 35.2 Å². The lowest BCUT2D eigenvalue weighted by Crippen LogP contribution is -2.01. The number of aromatic carboxylic acids is 1. The molecule has 0 heterocycles. The molecule has 0 atom stereocenters. The molecule has 2 aromatic rings. The molecule has 8 nitrogen and oxygen atoms in total. The fourth-order valence-electron chi connectivity index (χ4n) is 2.38. The molecule has 2 rings (SSSR count). The molecule has 37 heavy (non-hydrogen) atoms. The highest BCUT2D eigenvalue weighted by Crippen LogP contribution is 2.13. The Balaban J connectivity index is 0.000000371. The van der Waals surface area contributed by atoms with Crippen LogP contribution in [0.15, 0.2) is 72.8 Å². The number of carbonyl (C=O) groups excluding carboxylic acids is 1. The first kappa shape index (κ1) is 30.5. The van der Waals surface area contributed by atoms with Gasteiger partial charge in [0.05, 0.1) is 31.5 Å². The fraction of sp³-hybridized carbons (Fsp3) is 0.241. The van der Waals surface area contributed by atoms with Gasteiger partial charge in [-0.15, -0.1) is 0 Å². The van der Waals surface area contributed by atoms with Crippen molar-refractivity contribution in [3.05, 3.63) is 84.0 Å². The van der Waals surface area contributed by atoms with Gasteiger partial charge in [0.1, 0.15) is 24.7 Å². The number of hydrogen-bond acceptors (Lipinski definition) is 7. The number of methoxy groups -OCH3 is 1. The molecular weight excluding hydrogens is 476 g/mol. The minimum Gasteiger partial charge on any atom is -0.490 e. The van der Waals surface area contributed by atoms with Crippen LogP contribution in [0.4, 0.5) is 0 Å². The van der Waals surface area contributed by atoms with Crippen molar-refractivity contribution in [3.63, 3.8) is 0 Å². The van der Waals surface area contributed by atoms with E-state index < -0.39 is 5.97 Å². The van der Waals surface area contributed by atoms with Crippen molar-refractivity contribution in [2.75, 3.05) is 33.5 Å². The summed E-state index contributed by atoms with van der Waals surface area (Å²) in [5.41, 5.74) is 0.716. The molecule has 0 aliphatic heterocycles. The standard InChI is InChI=1S/C15H16O4.C14H14O4/c1-18-15(17)13-7-9-14(10-8-13)19-12-6-4-2-3-5-11-16;15-10-4-2-1-3-5-11-18-13-8-6-12(7-9-13)14(16)17/h4,6-10,16H,5,11-12H2,1H3;3,5-9,15H,4,10-11H2,(H,16,17)/b6-4+;5-3+. The van der Waals surface area contributed by atoms with Gasteiger partial charge in [0.25, 0.3) is 0 Å². The van der Waals surface area contributed by atoms with Crippen LogP contribution in [0.1, 0.15) is 33.6 Å². The van der Waals surface area contributed by atoms with Gasteiger partial charge in [-0.1, -0.05) is 23.7 Å². The van der Waals surface area contributed by atoms with Gasteiger partial charge < -0.3 is 29.5 Å². The number of benzene rings is 2. The smallest absolute Gasteiger partial charge is 0.337 e. The summed E-state index contributed by atoms with van der Waals surface area (Å²) in [7, 11) is 1.34. The molecule has 2 aromatic carbocycles. The predicted molar refractivity (Wildman–Crippen MR) is 139 cm³/mol. The number of hydrogen-bond donors (Lipinski definition) is 3. The number of carbonyl (C=O) groups is 2. The minimum atomic E-state index is -0.958. The van der Waals surface area contributed by atoms with Gasteiger partial charge in [0, 0.05) is 12.8 Å². The van der Waals surface area contributed by atoms with E-state index in [4.69, 9.17) is 24.8 Å². The molecule has 0 unspecified atom stereocenters. The van der Waals surface area contributed by atoms with Gasteiger partial charge in [-0.05, 0) is 72.8 Å². The summed E-state index contributed by atoms with van der Waals surface area (Å²) in [5.74, 6) is 11.0. The monoisotopic (exact) mass is 506 g/mol. The SMILES string of the molecule is COC(=O)c1ccc(OC/C=C/C#CCCO)cc1.O=C(O)c1ccc(OC/C=C/C#CCCO)cc1. The third-order valence-corrected chi connectivity index (χ3v) is 4.15. The van der Waals surface area contributed by atoms with Gasteiger partial charge in [-0.25, -0.2) is 9.59 Å². The zero-order valence-corrected chi connectivity index (χ0v) is 20.6. The van der Waals surface area contributed by atoms with Crippen molar-refractivity contribution in [2.24, 2.45) is 0 Å². The van der Waals surface area contributed by atoms with E-state index in [1.807, 2.05) is 0 Å². The van der Waals surface area contributed by atoms with E-state index in [0.717, 1.165) is 0 Å². The summed E-state index contributed by atoms with van der Waals surface area (Å²) >= 11 is 0. The summed E-state index contributed by atoms with van der Waals surface area (Å²) in [6.07, 6.45) is 7.79. The van der Waals surface area contributed by atoms with Crippen molar-refractivity contribution in [1.29, 1.82) is 0 Å². The van der Waals surface area contributed by atoms with Crippen LogP contribution in [0, 0.1) is 23.7 Å². The average Bonchev–Trinajstić information content (AvgIpc) is 2.92. The number of aliphatic hydroxyl groups excluding tert-OH is 2. The molecule has 0 aromatic heterocycles. The molecule has 0 spiro atoms. The zero-order valence-electron chi connectivity index (χ0n) is 20.6. The summed E-state index contributed by atoms with van der Waals surface area (Å²) in [6.45, 7) is 0.892. The van der Waals surface area contributed by atoms with Gasteiger partial charge in [-0.2, -0.15) is 0 Å². The molecule has 0 aliphatic carbocycles. The Labute approximate surface area is 216 Å². The van der Waals surface area contributed by atoms with E-state index in [1.54, 1.807) is 60.7 Å². The Morgan fingerprint density at radius 1 is 0.757 bits per heavy atom. The van der Waals surface area contributed by atoms with Crippen LogP contribution < -0.4 is 9.47 Å². The molecule has 0 saturated heterocycles. The number of esters is 1. The highest BCUT2D eigenvalue weighted by molar-refractivity contribution is 5.89. The first-order chi connectivity index (χ1) is 18.0. The van der Waals surface area contributed by atoms with Crippen LogP contribution in [-0.4, -0.2) is 60.8 Å². The van der Waals surface area contributed by atoms with E-state index in [9.17, 15) is 9.59 Å². The van der Waals surface area contributed by atoms with E-state index in [2.05, 4.69) is 28.4 Å². The van der Waals surface area contributed by atoms with Gasteiger partial charge in [0.2, 0.25) is 0 Å². The van der Waals surface area contributed by atoms with Gasteiger partial charge in [0.15, 0.2) is 0 Å². The molecule has 0 fully saturated rings. The molecular formula is C29H30O8. The summed E-state index contributed by atoms with van der Waals surface area (Å²) in [5, 5.41) is 25.7. The lowest BCUT2D eigenvalue weighted by Gasteiger charge is -2.03. The Kier molecular flexibility index (Phi) is 16.3. The lowest BCUT2D eigenvalue weighted by molar-refractivity contribution is 0.0599. The molecule has 0 saturated carbocycles. The highest BCUT2D eigenvalue weighted by atomic mass is 16.5. The van der Waals surface area contributed by atoms with Crippen molar-refractivity contribution >= 4 is 11.9 Å². The molecule has 0 bridgehead atoms. The third kappa shape index (κ3) is 14.5. The van der Waals surface area contributed by atoms with E-state index in [-0.39, 0.29) is 24.7 Å². The first-order valence-corrected chi connectivity index (χ1v) is 11.3. The van der Waals surface area contributed by atoms with Crippen molar-refractivity contribution in [2.45, 2.75) is 12.8 Å². The van der Waals surface area contributed by atoms with E-state index in [0.29, 0.717) is 43.1 Å². The molecule has 0 aliphatic rings. The van der Waals surface area contributed by atoms with Crippen LogP contribution in [0.2, 0.25) is 0 Å². The predicted octanol–water partition coefficient (Wildman–Crippen LogP) is 3.50. The number of rotatable bonds is 10. The second-order valence-corrected chi connectivity index (χ2v) is 6.86. The Morgan fingerprint density at radius 3 is 1.57 bits per heavy atom. The molecule has 0 radical (unpaired) electrons. The van der Waals surface area contributed by atoms with Crippen molar-refractivity contribution < 1.29 is 39.1 Å². The second kappa shape index (κ2) is 19.8. The van der Waals surface area contributed by atoms with Crippen LogP contribution in [-0.2, 0) is 4.74 Å². The minimum absolute atomic E-state index is 0.0628. The summed E-state index contributed by atoms with van der Waals surface area (Å²) in [4.78, 5) is 21.8. The lowest BCUT2D eigenvalue weighted by atomic mass is 10.2. The normalized spacial score (nSPS) is 9.81. The van der Waals surface area contributed by atoms with Crippen molar-refractivity contribution in [1.82, 2.24) is 0 Å². The highest BCUT2D eigenvalue weighted by Gasteiger charge is 2.04. The molecule has 194 valence electrons. The largest absolute Gasteiger partial charge is 0.490 e. The topological polar surface area (TPSA) is 123 Å². The quantitative estimate of drug-likeness (QED) is 0.331. The van der Waals surface area contributed by atoms with E-state index in [1.165, 1.54) is 19.2 Å². The van der Waals surface area contributed by atoms with Gasteiger partial charge in [-0.3, -0.25) is 0 Å². The number of carboxylic acids is 1. The van der Waals surface area contributed by atoms with Crippen LogP contribution in [0.3, 0.4) is 0 Å². The third-order valence-electron chi connectivity index (χ3n) is 4.15. The van der Waals surface area contributed by atoms with Crippen LogP contribution in [0.25, 0.3) is 0 Å². The molecule has 8 heteroatoms. The maximum atomic E-state index is 11.2. The van der Waals surface area contributed by atoms with E-state index >= 15 is 0 Å². The average molecular weight is 507 g/mol. The number of aliphatic hydroxyl groups is 2. The summed E-state index contributed by atoms with van der Waals surface area (Å²) in [6, 6.07) is 12.9. The first-order valence-electron chi connectivity index (χ1n) is 11.3. The fourth-order valence-corrected chi connectivity index (χ4v) is 2.38. The molecule has 3 N–H and O–H groups in total. The number of carboxylic acid groups (broad SMARTS) is 1.